The molecule has 4 heteroatoms. The molecule has 14 heavy (non-hydrogen) atoms. The highest BCUT2D eigenvalue weighted by molar-refractivity contribution is 7.99. The average Bonchev–Trinajstić information content (AvgIpc) is 2.21. The van der Waals surface area contributed by atoms with Crippen LogP contribution in [0.3, 0.4) is 0 Å². The Balaban J connectivity index is 3.27. The SMILES string of the molecule is C=CCSCCNCC(=O)N(C)CC. The van der Waals surface area contributed by atoms with Gasteiger partial charge in [0.1, 0.15) is 0 Å². The molecule has 0 aromatic rings. The van der Waals surface area contributed by atoms with Gasteiger partial charge in [-0.25, -0.2) is 0 Å². The van der Waals surface area contributed by atoms with Gasteiger partial charge in [0.2, 0.25) is 5.91 Å². The van der Waals surface area contributed by atoms with E-state index in [1.165, 1.54) is 0 Å². The molecule has 0 atom stereocenters. The molecule has 1 amide bonds. The molecule has 0 aromatic carbocycles. The van der Waals surface area contributed by atoms with Crippen LogP contribution in [0, 0.1) is 0 Å². The van der Waals surface area contributed by atoms with Crippen molar-refractivity contribution >= 4 is 17.7 Å². The molecule has 0 aliphatic carbocycles. The van der Waals surface area contributed by atoms with Crippen molar-refractivity contribution in [1.82, 2.24) is 10.2 Å². The van der Waals surface area contributed by atoms with Crippen molar-refractivity contribution in [2.24, 2.45) is 0 Å². The zero-order valence-corrected chi connectivity index (χ0v) is 9.90. The van der Waals surface area contributed by atoms with Gasteiger partial charge >= 0.3 is 0 Å². The van der Waals surface area contributed by atoms with Gasteiger partial charge in [-0.15, -0.1) is 6.58 Å². The van der Waals surface area contributed by atoms with Gasteiger partial charge in [-0.2, -0.15) is 11.8 Å². The monoisotopic (exact) mass is 216 g/mol. The topological polar surface area (TPSA) is 32.3 Å². The Bertz CT molecular complexity index is 174. The fraction of sp³-hybridized carbons (Fsp3) is 0.700. The summed E-state index contributed by atoms with van der Waals surface area (Å²) >= 11 is 1.81. The lowest BCUT2D eigenvalue weighted by Crippen LogP contribution is -2.36. The third-order valence-electron chi connectivity index (χ3n) is 1.84. The Kier molecular flexibility index (Phi) is 8.78. The predicted molar refractivity (Wildman–Crippen MR) is 63.7 cm³/mol. The molecular weight excluding hydrogens is 196 g/mol. The minimum absolute atomic E-state index is 0.154. The lowest BCUT2D eigenvalue weighted by Gasteiger charge is -2.14. The average molecular weight is 216 g/mol. The first-order valence-electron chi connectivity index (χ1n) is 4.85. The fourth-order valence-corrected chi connectivity index (χ4v) is 1.44. The second-order valence-electron chi connectivity index (χ2n) is 2.95. The molecule has 0 aliphatic rings. The number of nitrogens with zero attached hydrogens (tertiary/aromatic N) is 1. The molecule has 0 unspecified atom stereocenters. The first kappa shape index (κ1) is 13.5. The number of rotatable bonds is 8. The van der Waals surface area contributed by atoms with Gasteiger partial charge < -0.3 is 10.2 Å². The minimum Gasteiger partial charge on any atom is -0.345 e. The van der Waals surface area contributed by atoms with Crippen LogP contribution >= 0.6 is 11.8 Å². The number of likely N-dealkylation sites (N-methyl/N-ethyl adjacent to an activating group) is 1. The molecule has 0 aliphatic heterocycles. The maximum absolute atomic E-state index is 11.3. The number of hydrogen-bond donors (Lipinski definition) is 1. The quantitative estimate of drug-likeness (QED) is 0.485. The molecule has 1 N–H and O–H groups in total. The van der Waals surface area contributed by atoms with Crippen molar-refractivity contribution < 1.29 is 4.79 Å². The van der Waals surface area contributed by atoms with Crippen molar-refractivity contribution in [3.05, 3.63) is 12.7 Å². The highest BCUT2D eigenvalue weighted by Crippen LogP contribution is 1.96. The van der Waals surface area contributed by atoms with Crippen LogP contribution in [0.15, 0.2) is 12.7 Å². The third kappa shape index (κ3) is 6.97. The van der Waals surface area contributed by atoms with E-state index in [4.69, 9.17) is 0 Å². The number of carbonyl (C=O) groups excluding carboxylic acids is 1. The van der Waals surface area contributed by atoms with E-state index in [1.54, 1.807) is 4.90 Å². The highest BCUT2D eigenvalue weighted by Gasteiger charge is 2.04. The van der Waals surface area contributed by atoms with Crippen LogP contribution in [0.2, 0.25) is 0 Å². The van der Waals surface area contributed by atoms with E-state index < -0.39 is 0 Å². The molecule has 0 saturated carbocycles. The molecule has 0 fully saturated rings. The van der Waals surface area contributed by atoms with E-state index in [1.807, 2.05) is 31.8 Å². The second-order valence-corrected chi connectivity index (χ2v) is 4.10. The van der Waals surface area contributed by atoms with Crippen LogP contribution in [0.1, 0.15) is 6.92 Å². The molecule has 0 spiro atoms. The van der Waals surface area contributed by atoms with Crippen LogP contribution in [-0.2, 0) is 4.79 Å². The van der Waals surface area contributed by atoms with Crippen LogP contribution in [0.25, 0.3) is 0 Å². The maximum Gasteiger partial charge on any atom is 0.236 e. The van der Waals surface area contributed by atoms with E-state index in [-0.39, 0.29) is 5.91 Å². The van der Waals surface area contributed by atoms with Gasteiger partial charge in [0, 0.05) is 31.6 Å². The molecule has 0 heterocycles. The first-order valence-corrected chi connectivity index (χ1v) is 6.01. The van der Waals surface area contributed by atoms with Crippen LogP contribution in [0.5, 0.6) is 0 Å². The molecule has 0 rings (SSSR count). The van der Waals surface area contributed by atoms with Crippen molar-refractivity contribution in [2.75, 3.05) is 38.2 Å². The maximum atomic E-state index is 11.3. The molecule has 0 saturated heterocycles. The van der Waals surface area contributed by atoms with E-state index in [0.717, 1.165) is 24.6 Å². The standard InChI is InChI=1S/C10H20N2OS/c1-4-7-14-8-6-11-9-10(13)12(3)5-2/h4,11H,1,5-9H2,2-3H3. The summed E-state index contributed by atoms with van der Waals surface area (Å²) in [6.45, 7) is 7.70. The molecule has 0 aromatic heterocycles. The first-order chi connectivity index (χ1) is 6.72. The predicted octanol–water partition coefficient (Wildman–Crippen LogP) is 0.973. The summed E-state index contributed by atoms with van der Waals surface area (Å²) in [5.41, 5.74) is 0. The summed E-state index contributed by atoms with van der Waals surface area (Å²) in [5.74, 6) is 2.15. The summed E-state index contributed by atoms with van der Waals surface area (Å²) in [6, 6.07) is 0. The number of hydrogen-bond acceptors (Lipinski definition) is 3. The smallest absolute Gasteiger partial charge is 0.236 e. The Morgan fingerprint density at radius 2 is 2.36 bits per heavy atom. The normalized spacial score (nSPS) is 9.86. The van der Waals surface area contributed by atoms with E-state index in [0.29, 0.717) is 6.54 Å². The summed E-state index contributed by atoms with van der Waals surface area (Å²) in [6.07, 6.45) is 1.89. The van der Waals surface area contributed by atoms with Crippen molar-refractivity contribution in [1.29, 1.82) is 0 Å². The third-order valence-corrected chi connectivity index (χ3v) is 2.80. The van der Waals surface area contributed by atoms with E-state index in [2.05, 4.69) is 11.9 Å². The van der Waals surface area contributed by atoms with Crippen LogP contribution in [-0.4, -0.2) is 49.0 Å². The lowest BCUT2D eigenvalue weighted by atomic mass is 10.5. The molecule has 0 bridgehead atoms. The van der Waals surface area contributed by atoms with Crippen molar-refractivity contribution in [3.63, 3.8) is 0 Å². The summed E-state index contributed by atoms with van der Waals surface area (Å²) < 4.78 is 0. The number of amides is 1. The molecule has 3 nitrogen and oxygen atoms in total. The number of carbonyl (C=O) groups is 1. The van der Waals surface area contributed by atoms with Crippen LogP contribution in [0.4, 0.5) is 0 Å². The second kappa shape index (κ2) is 9.09. The molecular formula is C10H20N2OS. The Morgan fingerprint density at radius 3 is 2.93 bits per heavy atom. The number of nitrogens with one attached hydrogen (secondary N) is 1. The van der Waals surface area contributed by atoms with Gasteiger partial charge in [-0.05, 0) is 6.92 Å². The van der Waals surface area contributed by atoms with Gasteiger partial charge in [-0.3, -0.25) is 4.79 Å². The Morgan fingerprint density at radius 1 is 1.64 bits per heavy atom. The largest absolute Gasteiger partial charge is 0.345 e. The van der Waals surface area contributed by atoms with Crippen LogP contribution < -0.4 is 5.32 Å². The highest BCUT2D eigenvalue weighted by atomic mass is 32.2. The van der Waals surface area contributed by atoms with Gasteiger partial charge in [0.25, 0.3) is 0 Å². The summed E-state index contributed by atoms with van der Waals surface area (Å²) in [7, 11) is 1.82. The van der Waals surface area contributed by atoms with Crippen molar-refractivity contribution in [3.8, 4) is 0 Å². The lowest BCUT2D eigenvalue weighted by molar-refractivity contribution is -0.128. The Labute approximate surface area is 90.9 Å². The van der Waals surface area contributed by atoms with E-state index >= 15 is 0 Å². The minimum atomic E-state index is 0.154. The summed E-state index contributed by atoms with van der Waals surface area (Å²) in [4.78, 5) is 13.0. The van der Waals surface area contributed by atoms with Gasteiger partial charge in [0.05, 0.1) is 6.54 Å². The molecule has 82 valence electrons. The van der Waals surface area contributed by atoms with Gasteiger partial charge in [0.15, 0.2) is 0 Å². The zero-order chi connectivity index (χ0) is 10.8. The van der Waals surface area contributed by atoms with Crippen molar-refractivity contribution in [2.45, 2.75) is 6.92 Å². The van der Waals surface area contributed by atoms with E-state index in [9.17, 15) is 4.79 Å². The molecule has 0 radical (unpaired) electrons. The zero-order valence-electron chi connectivity index (χ0n) is 9.08. The fourth-order valence-electron chi connectivity index (χ4n) is 0.818. The Hall–Kier alpha value is -0.480. The number of thioether (sulfide) groups is 1. The summed E-state index contributed by atoms with van der Waals surface area (Å²) in [5, 5.41) is 3.11. The van der Waals surface area contributed by atoms with Gasteiger partial charge in [-0.1, -0.05) is 6.08 Å².